The van der Waals surface area contributed by atoms with Gasteiger partial charge in [0.2, 0.25) is 0 Å². The van der Waals surface area contributed by atoms with Crippen LogP contribution in [0, 0.1) is 20.2 Å². The molecule has 3 rings (SSSR count). The molecule has 152 valence electrons. The lowest BCUT2D eigenvalue weighted by Gasteiger charge is -2.24. The maximum atomic E-state index is 13.0. The standard InChI is InChI=1S/C18H13F3N2O6/c1-9-5-10(2)28-16-8-12(3-4-13(9)16)29-17-14(22(24)25)6-11(18(19,20)21)7-15(17)23(26)27/h3-4,6-9H,2,5H2,1H3. The van der Waals surface area contributed by atoms with E-state index in [4.69, 9.17) is 9.47 Å². The second-order valence-electron chi connectivity index (χ2n) is 6.40. The molecule has 0 N–H and O–H groups in total. The molecule has 0 amide bonds. The van der Waals surface area contributed by atoms with E-state index >= 15 is 0 Å². The van der Waals surface area contributed by atoms with Crippen molar-refractivity contribution >= 4 is 11.4 Å². The van der Waals surface area contributed by atoms with Crippen LogP contribution in [0.1, 0.15) is 30.4 Å². The molecule has 1 atom stereocenters. The molecule has 0 saturated heterocycles. The molecule has 1 unspecified atom stereocenters. The molecule has 1 aliphatic rings. The van der Waals surface area contributed by atoms with Gasteiger partial charge in [-0.05, 0) is 17.5 Å². The minimum Gasteiger partial charge on any atom is -0.462 e. The van der Waals surface area contributed by atoms with E-state index in [1.54, 1.807) is 6.07 Å². The van der Waals surface area contributed by atoms with Crippen LogP contribution in [0.15, 0.2) is 42.7 Å². The minimum absolute atomic E-state index is 0.0726. The fraction of sp³-hybridized carbons (Fsp3) is 0.222. The molecule has 0 radical (unpaired) electrons. The second-order valence-corrected chi connectivity index (χ2v) is 6.40. The highest BCUT2D eigenvalue weighted by atomic mass is 19.4. The third kappa shape index (κ3) is 3.98. The van der Waals surface area contributed by atoms with Crippen molar-refractivity contribution in [1.82, 2.24) is 0 Å². The lowest BCUT2D eigenvalue weighted by molar-refractivity contribution is -0.396. The Hall–Kier alpha value is -3.63. The van der Waals surface area contributed by atoms with Gasteiger partial charge < -0.3 is 9.47 Å². The quantitative estimate of drug-likeness (QED) is 0.472. The highest BCUT2D eigenvalue weighted by Crippen LogP contribution is 2.46. The maximum absolute atomic E-state index is 13.0. The Kier molecular flexibility index (Phi) is 4.91. The molecule has 0 saturated carbocycles. The first-order chi connectivity index (χ1) is 13.5. The monoisotopic (exact) mass is 410 g/mol. The summed E-state index contributed by atoms with van der Waals surface area (Å²) in [4.78, 5) is 20.2. The first-order valence-corrected chi connectivity index (χ1v) is 8.19. The Morgan fingerprint density at radius 1 is 1.14 bits per heavy atom. The number of hydrogen-bond donors (Lipinski definition) is 0. The van der Waals surface area contributed by atoms with Gasteiger partial charge in [-0.25, -0.2) is 0 Å². The number of rotatable bonds is 4. The molecule has 1 heterocycles. The molecule has 0 bridgehead atoms. The topological polar surface area (TPSA) is 105 Å². The van der Waals surface area contributed by atoms with Crippen molar-refractivity contribution in [3.8, 4) is 17.2 Å². The molecule has 11 heteroatoms. The molecular formula is C18H13F3N2O6. The van der Waals surface area contributed by atoms with Crippen LogP contribution in [0.3, 0.4) is 0 Å². The third-order valence-corrected chi connectivity index (χ3v) is 4.29. The number of ether oxygens (including phenoxy) is 2. The largest absolute Gasteiger partial charge is 0.462 e. The van der Waals surface area contributed by atoms with E-state index < -0.39 is 38.7 Å². The minimum atomic E-state index is -5.01. The summed E-state index contributed by atoms with van der Waals surface area (Å²) in [6.07, 6.45) is -4.42. The third-order valence-electron chi connectivity index (χ3n) is 4.29. The predicted octanol–water partition coefficient (Wildman–Crippen LogP) is 5.71. The zero-order chi connectivity index (χ0) is 21.5. The summed E-state index contributed by atoms with van der Waals surface area (Å²) in [5.41, 5.74) is -3.07. The van der Waals surface area contributed by atoms with E-state index in [1.807, 2.05) is 6.92 Å². The number of alkyl halides is 3. The average Bonchev–Trinajstić information content (AvgIpc) is 2.59. The van der Waals surface area contributed by atoms with Crippen molar-refractivity contribution in [2.45, 2.75) is 25.4 Å². The molecular weight excluding hydrogens is 397 g/mol. The fourth-order valence-electron chi connectivity index (χ4n) is 2.98. The van der Waals surface area contributed by atoms with Crippen molar-refractivity contribution in [1.29, 1.82) is 0 Å². The Morgan fingerprint density at radius 2 is 1.72 bits per heavy atom. The van der Waals surface area contributed by atoms with Crippen molar-refractivity contribution in [3.63, 3.8) is 0 Å². The van der Waals surface area contributed by atoms with Gasteiger partial charge in [0.05, 0.1) is 21.2 Å². The number of fused-ring (bicyclic) bond motifs is 1. The van der Waals surface area contributed by atoms with Gasteiger partial charge in [0.25, 0.3) is 5.75 Å². The van der Waals surface area contributed by atoms with Crippen molar-refractivity contribution < 1.29 is 32.5 Å². The van der Waals surface area contributed by atoms with E-state index in [9.17, 15) is 33.4 Å². The highest BCUT2D eigenvalue weighted by Gasteiger charge is 2.38. The van der Waals surface area contributed by atoms with E-state index in [1.165, 1.54) is 12.1 Å². The van der Waals surface area contributed by atoms with Crippen LogP contribution in [0.2, 0.25) is 0 Å². The molecule has 0 fully saturated rings. The van der Waals surface area contributed by atoms with Crippen LogP contribution in [-0.2, 0) is 6.18 Å². The van der Waals surface area contributed by atoms with Crippen molar-refractivity contribution in [2.75, 3.05) is 0 Å². The number of allylic oxidation sites excluding steroid dienone is 1. The average molecular weight is 410 g/mol. The number of benzene rings is 2. The zero-order valence-electron chi connectivity index (χ0n) is 14.9. The molecule has 0 aromatic heterocycles. The lowest BCUT2D eigenvalue weighted by atomic mass is 9.94. The molecule has 2 aromatic carbocycles. The van der Waals surface area contributed by atoms with Gasteiger partial charge in [-0.15, -0.1) is 0 Å². The molecule has 0 aliphatic carbocycles. The predicted molar refractivity (Wildman–Crippen MR) is 94.1 cm³/mol. The molecule has 29 heavy (non-hydrogen) atoms. The number of hydrogen-bond acceptors (Lipinski definition) is 6. The Labute approximate surface area is 161 Å². The van der Waals surface area contributed by atoms with Crippen LogP contribution in [-0.4, -0.2) is 9.85 Å². The second kappa shape index (κ2) is 7.08. The summed E-state index contributed by atoms with van der Waals surface area (Å²) < 4.78 is 49.8. The summed E-state index contributed by atoms with van der Waals surface area (Å²) in [7, 11) is 0. The fourth-order valence-corrected chi connectivity index (χ4v) is 2.98. The highest BCUT2D eigenvalue weighted by molar-refractivity contribution is 5.64. The van der Waals surface area contributed by atoms with Gasteiger partial charge in [0.1, 0.15) is 11.5 Å². The van der Waals surface area contributed by atoms with E-state index in [0.29, 0.717) is 17.9 Å². The maximum Gasteiger partial charge on any atom is 0.416 e. The molecule has 0 spiro atoms. The SMILES string of the molecule is C=C1CC(C)c2ccc(Oc3c([N+](=O)[O-])cc(C(F)(F)F)cc3[N+](=O)[O-])cc2O1. The molecule has 2 aromatic rings. The molecule has 1 aliphatic heterocycles. The van der Waals surface area contributed by atoms with Gasteiger partial charge in [-0.3, -0.25) is 20.2 Å². The van der Waals surface area contributed by atoms with Gasteiger partial charge in [-0.2, -0.15) is 13.2 Å². The first kappa shape index (κ1) is 20.1. The number of halogens is 3. The van der Waals surface area contributed by atoms with Gasteiger partial charge in [-0.1, -0.05) is 19.6 Å². The smallest absolute Gasteiger partial charge is 0.416 e. The van der Waals surface area contributed by atoms with Crippen molar-refractivity contribution in [3.05, 3.63) is 74.0 Å². The van der Waals surface area contributed by atoms with E-state index in [0.717, 1.165) is 5.56 Å². The summed E-state index contributed by atoms with van der Waals surface area (Å²) in [6, 6.07) is 4.75. The Balaban J connectivity index is 2.11. The van der Waals surface area contributed by atoms with Crippen LogP contribution >= 0.6 is 0 Å². The van der Waals surface area contributed by atoms with E-state index in [2.05, 4.69) is 6.58 Å². The van der Waals surface area contributed by atoms with Crippen molar-refractivity contribution in [2.24, 2.45) is 0 Å². The van der Waals surface area contributed by atoms with Crippen LogP contribution in [0.4, 0.5) is 24.5 Å². The summed E-state index contributed by atoms with van der Waals surface area (Å²) in [6.45, 7) is 5.67. The molecule has 8 nitrogen and oxygen atoms in total. The van der Waals surface area contributed by atoms with Crippen LogP contribution in [0.5, 0.6) is 17.2 Å². The van der Waals surface area contributed by atoms with Crippen LogP contribution in [0.25, 0.3) is 0 Å². The normalized spacial score (nSPS) is 16.0. The zero-order valence-corrected chi connectivity index (χ0v) is 14.9. The number of nitrogens with zero attached hydrogens (tertiary/aromatic N) is 2. The van der Waals surface area contributed by atoms with E-state index in [-0.39, 0.29) is 23.8 Å². The lowest BCUT2D eigenvalue weighted by Crippen LogP contribution is -2.10. The Morgan fingerprint density at radius 3 is 2.24 bits per heavy atom. The summed E-state index contributed by atoms with van der Waals surface area (Å²) >= 11 is 0. The van der Waals surface area contributed by atoms with Gasteiger partial charge in [0, 0.05) is 24.6 Å². The number of nitro benzene ring substituents is 2. The summed E-state index contributed by atoms with van der Waals surface area (Å²) in [5, 5.41) is 22.6. The number of nitro groups is 2. The first-order valence-electron chi connectivity index (χ1n) is 8.19. The van der Waals surface area contributed by atoms with Crippen LogP contribution < -0.4 is 9.47 Å². The summed E-state index contributed by atoms with van der Waals surface area (Å²) in [5.74, 6) is -0.0700. The van der Waals surface area contributed by atoms with Gasteiger partial charge in [0.15, 0.2) is 0 Å². The van der Waals surface area contributed by atoms with Gasteiger partial charge >= 0.3 is 17.6 Å². The Bertz CT molecular complexity index is 1000.